The van der Waals surface area contributed by atoms with Crippen LogP contribution in [0.3, 0.4) is 0 Å². The van der Waals surface area contributed by atoms with Crippen molar-refractivity contribution in [3.63, 3.8) is 0 Å². The normalized spacial score (nSPS) is 10.4. The smallest absolute Gasteiger partial charge is 0.338 e. The molecular weight excluding hydrogens is 400 g/mol. The number of hydrogen-bond acceptors (Lipinski definition) is 5. The number of aryl methyl sites for hydroxylation is 1. The first-order valence-corrected chi connectivity index (χ1v) is 10.3. The summed E-state index contributed by atoms with van der Waals surface area (Å²) < 4.78 is 10.6. The summed E-state index contributed by atoms with van der Waals surface area (Å²) in [6, 6.07) is 12.5. The van der Waals surface area contributed by atoms with E-state index in [2.05, 4.69) is 24.5 Å². The molecule has 0 aliphatic carbocycles. The quantitative estimate of drug-likeness (QED) is 0.474. The number of hydrogen-bond donors (Lipinski definition) is 2. The van der Waals surface area contributed by atoms with Crippen LogP contribution >= 0.6 is 12.2 Å². The first-order valence-electron chi connectivity index (χ1n) is 9.91. The second-order valence-electron chi connectivity index (χ2n) is 7.18. The Balaban J connectivity index is 1.81. The monoisotopic (exact) mass is 428 g/mol. The van der Waals surface area contributed by atoms with Crippen LogP contribution in [-0.2, 0) is 9.53 Å². The second-order valence-corrected chi connectivity index (χ2v) is 7.59. The van der Waals surface area contributed by atoms with E-state index in [0.29, 0.717) is 29.5 Å². The van der Waals surface area contributed by atoms with Crippen molar-refractivity contribution >= 4 is 34.9 Å². The maximum atomic E-state index is 12.1. The number of thiocarbonyl (C=S) groups is 1. The molecule has 2 aromatic rings. The summed E-state index contributed by atoms with van der Waals surface area (Å²) >= 11 is 5.16. The van der Waals surface area contributed by atoms with Gasteiger partial charge in [0.25, 0.3) is 5.91 Å². The summed E-state index contributed by atoms with van der Waals surface area (Å²) in [6.45, 7) is 8.47. The number of nitrogens with one attached hydrogen (secondary N) is 2. The van der Waals surface area contributed by atoms with Gasteiger partial charge in [-0.1, -0.05) is 26.8 Å². The van der Waals surface area contributed by atoms with Crippen molar-refractivity contribution in [1.82, 2.24) is 5.32 Å². The van der Waals surface area contributed by atoms with Crippen LogP contribution in [0.15, 0.2) is 42.5 Å². The molecule has 160 valence electrons. The van der Waals surface area contributed by atoms with Gasteiger partial charge >= 0.3 is 5.97 Å². The molecule has 0 aliphatic heterocycles. The lowest BCUT2D eigenvalue weighted by atomic mass is 9.98. The van der Waals surface area contributed by atoms with Crippen LogP contribution in [0.4, 0.5) is 5.69 Å². The van der Waals surface area contributed by atoms with Gasteiger partial charge in [-0.25, -0.2) is 4.79 Å². The zero-order valence-corrected chi connectivity index (χ0v) is 18.6. The van der Waals surface area contributed by atoms with Crippen molar-refractivity contribution in [2.24, 2.45) is 0 Å². The van der Waals surface area contributed by atoms with Crippen molar-refractivity contribution in [2.75, 3.05) is 18.5 Å². The summed E-state index contributed by atoms with van der Waals surface area (Å²) in [7, 11) is 0. The molecule has 2 N–H and O–H groups in total. The number of rotatable bonds is 8. The van der Waals surface area contributed by atoms with Gasteiger partial charge in [0.2, 0.25) is 0 Å². The molecule has 0 spiro atoms. The minimum atomic E-state index is -0.368. The minimum Gasteiger partial charge on any atom is -0.484 e. The zero-order valence-electron chi connectivity index (χ0n) is 17.8. The van der Waals surface area contributed by atoms with Crippen molar-refractivity contribution in [2.45, 2.75) is 40.0 Å². The summed E-state index contributed by atoms with van der Waals surface area (Å²) in [5, 5.41) is 5.62. The van der Waals surface area contributed by atoms with E-state index >= 15 is 0 Å². The van der Waals surface area contributed by atoms with Gasteiger partial charge in [0.15, 0.2) is 11.7 Å². The Hall–Kier alpha value is -2.93. The maximum Gasteiger partial charge on any atom is 0.338 e. The van der Waals surface area contributed by atoms with E-state index in [1.807, 2.05) is 32.0 Å². The molecule has 6 nitrogen and oxygen atoms in total. The lowest BCUT2D eigenvalue weighted by Gasteiger charge is -2.13. The average Bonchev–Trinajstić information content (AvgIpc) is 2.70. The summed E-state index contributed by atoms with van der Waals surface area (Å²) in [6.07, 6.45) is 0.770. The highest BCUT2D eigenvalue weighted by molar-refractivity contribution is 7.80. The summed E-state index contributed by atoms with van der Waals surface area (Å²) in [5.74, 6) is 0.337. The van der Waals surface area contributed by atoms with E-state index in [0.717, 1.165) is 12.0 Å². The highest BCUT2D eigenvalue weighted by atomic mass is 32.1. The lowest BCUT2D eigenvalue weighted by Crippen LogP contribution is -2.37. The van der Waals surface area contributed by atoms with Gasteiger partial charge in [-0.15, -0.1) is 0 Å². The fourth-order valence-electron chi connectivity index (χ4n) is 2.83. The molecule has 0 heterocycles. The van der Waals surface area contributed by atoms with E-state index in [1.165, 1.54) is 5.56 Å². The van der Waals surface area contributed by atoms with Gasteiger partial charge in [0.05, 0.1) is 12.2 Å². The van der Waals surface area contributed by atoms with Crippen molar-refractivity contribution in [3.05, 3.63) is 59.2 Å². The predicted molar refractivity (Wildman–Crippen MR) is 122 cm³/mol. The topological polar surface area (TPSA) is 76.7 Å². The fraction of sp³-hybridized carbons (Fsp3) is 0.348. The van der Waals surface area contributed by atoms with Gasteiger partial charge < -0.3 is 14.8 Å². The van der Waals surface area contributed by atoms with Gasteiger partial charge in [-0.3, -0.25) is 10.1 Å². The third-order valence-electron chi connectivity index (χ3n) is 4.30. The molecule has 0 unspecified atom stereocenters. The maximum absolute atomic E-state index is 12.1. The van der Waals surface area contributed by atoms with Crippen LogP contribution in [0.1, 0.15) is 54.6 Å². The van der Waals surface area contributed by atoms with Crippen molar-refractivity contribution in [1.29, 1.82) is 0 Å². The van der Waals surface area contributed by atoms with E-state index < -0.39 is 0 Å². The number of esters is 1. The Bertz CT molecular complexity index is 895. The standard InChI is InChI=1S/C23H28N2O4S/c1-5-12-28-22(27)17-6-8-18(9-7-17)24-23(30)25-21(26)14-29-19-10-11-20(15(2)3)16(4)13-19/h6-11,13,15H,5,12,14H2,1-4H3,(H2,24,25,26,30). The third-order valence-corrected chi connectivity index (χ3v) is 4.51. The van der Waals surface area contributed by atoms with Gasteiger partial charge in [-0.05, 0) is 79.0 Å². The molecule has 0 atom stereocenters. The summed E-state index contributed by atoms with van der Waals surface area (Å²) in [5.41, 5.74) is 3.48. The number of ether oxygens (including phenoxy) is 2. The van der Waals surface area contributed by atoms with Crippen LogP contribution < -0.4 is 15.4 Å². The van der Waals surface area contributed by atoms with E-state index in [1.54, 1.807) is 24.3 Å². The Kier molecular flexibility index (Phi) is 8.80. The van der Waals surface area contributed by atoms with Crippen molar-refractivity contribution in [3.8, 4) is 5.75 Å². The molecule has 0 saturated carbocycles. The van der Waals surface area contributed by atoms with Crippen LogP contribution in [0.2, 0.25) is 0 Å². The van der Waals surface area contributed by atoms with Gasteiger partial charge in [0.1, 0.15) is 5.75 Å². The first-order chi connectivity index (χ1) is 14.3. The van der Waals surface area contributed by atoms with E-state index in [9.17, 15) is 9.59 Å². The Morgan fingerprint density at radius 2 is 1.80 bits per heavy atom. The molecule has 0 fully saturated rings. The van der Waals surface area contributed by atoms with E-state index in [-0.39, 0.29) is 23.6 Å². The Morgan fingerprint density at radius 3 is 2.40 bits per heavy atom. The molecule has 30 heavy (non-hydrogen) atoms. The molecular formula is C23H28N2O4S. The minimum absolute atomic E-state index is 0.148. The number of carbonyl (C=O) groups excluding carboxylic acids is 2. The Morgan fingerprint density at radius 1 is 1.10 bits per heavy atom. The van der Waals surface area contributed by atoms with Gasteiger partial charge in [0, 0.05) is 5.69 Å². The molecule has 0 radical (unpaired) electrons. The number of anilines is 1. The van der Waals surface area contributed by atoms with Crippen molar-refractivity contribution < 1.29 is 19.1 Å². The molecule has 0 saturated heterocycles. The van der Waals surface area contributed by atoms with Crippen LogP contribution in [-0.4, -0.2) is 30.2 Å². The molecule has 2 rings (SSSR count). The van der Waals surface area contributed by atoms with E-state index in [4.69, 9.17) is 21.7 Å². The molecule has 0 aromatic heterocycles. The fourth-order valence-corrected chi connectivity index (χ4v) is 3.06. The predicted octanol–water partition coefficient (Wildman–Crippen LogP) is 4.58. The molecule has 0 bridgehead atoms. The van der Waals surface area contributed by atoms with Crippen LogP contribution in [0.25, 0.3) is 0 Å². The Labute approximate surface area is 183 Å². The van der Waals surface area contributed by atoms with Crippen LogP contribution in [0.5, 0.6) is 5.75 Å². The molecule has 1 amide bonds. The largest absolute Gasteiger partial charge is 0.484 e. The molecule has 7 heteroatoms. The lowest BCUT2D eigenvalue weighted by molar-refractivity contribution is -0.121. The third kappa shape index (κ3) is 7.15. The molecule has 0 aliphatic rings. The molecule has 2 aromatic carbocycles. The second kappa shape index (κ2) is 11.3. The number of carbonyl (C=O) groups is 2. The highest BCUT2D eigenvalue weighted by Crippen LogP contribution is 2.23. The number of amides is 1. The SMILES string of the molecule is CCCOC(=O)c1ccc(NC(=S)NC(=O)COc2ccc(C(C)C)c(C)c2)cc1. The zero-order chi connectivity index (χ0) is 22.1. The van der Waals surface area contributed by atoms with Crippen LogP contribution in [0, 0.1) is 6.92 Å². The highest BCUT2D eigenvalue weighted by Gasteiger charge is 2.10. The summed E-state index contributed by atoms with van der Waals surface area (Å²) in [4.78, 5) is 23.9. The average molecular weight is 429 g/mol. The number of benzene rings is 2. The first kappa shape index (κ1) is 23.3. The van der Waals surface area contributed by atoms with Gasteiger partial charge in [-0.2, -0.15) is 0 Å².